The highest BCUT2D eigenvalue weighted by atomic mass is 32.1. The van der Waals surface area contributed by atoms with E-state index in [0.717, 1.165) is 17.0 Å². The Morgan fingerprint density at radius 1 is 1.43 bits per heavy atom. The number of benzene rings is 1. The molecule has 1 atom stereocenters. The zero-order valence-electron chi connectivity index (χ0n) is 11.5. The van der Waals surface area contributed by atoms with Crippen LogP contribution in [-0.2, 0) is 6.42 Å². The quantitative estimate of drug-likeness (QED) is 0.944. The number of nitrogens with zero attached hydrogens (tertiary/aromatic N) is 2. The van der Waals surface area contributed by atoms with E-state index >= 15 is 0 Å². The van der Waals surface area contributed by atoms with E-state index in [2.05, 4.69) is 4.98 Å². The second-order valence-corrected chi connectivity index (χ2v) is 6.17. The number of aromatic nitrogens is 1. The molecule has 1 aliphatic rings. The molecule has 1 saturated heterocycles. The van der Waals surface area contributed by atoms with Gasteiger partial charge in [0.2, 0.25) is 0 Å². The number of hydrogen-bond acceptors (Lipinski definition) is 4. The topological polar surface area (TPSA) is 59.2 Å². The van der Waals surface area contributed by atoms with E-state index < -0.39 is 0 Å². The highest BCUT2D eigenvalue weighted by molar-refractivity contribution is 7.09. The molecule has 0 aliphatic carbocycles. The number of amides is 1. The highest BCUT2D eigenvalue weighted by Gasteiger charge is 2.25. The lowest BCUT2D eigenvalue weighted by Gasteiger charge is -2.13. The first-order valence-electron chi connectivity index (χ1n) is 6.85. The van der Waals surface area contributed by atoms with Gasteiger partial charge >= 0.3 is 0 Å². The molecule has 0 spiro atoms. The normalized spacial score (nSPS) is 18.2. The van der Waals surface area contributed by atoms with E-state index in [1.165, 1.54) is 23.5 Å². The van der Waals surface area contributed by atoms with Crippen LogP contribution >= 0.6 is 11.3 Å². The van der Waals surface area contributed by atoms with E-state index in [9.17, 15) is 9.18 Å². The van der Waals surface area contributed by atoms with Crippen LogP contribution in [0.5, 0.6) is 0 Å². The van der Waals surface area contributed by atoms with E-state index in [4.69, 9.17) is 5.73 Å². The minimum Gasteiger partial charge on any atom is -0.336 e. The molecule has 1 amide bonds. The van der Waals surface area contributed by atoms with Gasteiger partial charge in [0.1, 0.15) is 11.5 Å². The monoisotopic (exact) mass is 305 g/mol. The van der Waals surface area contributed by atoms with Gasteiger partial charge in [-0.1, -0.05) is 12.1 Å². The minimum atomic E-state index is -0.251. The minimum absolute atomic E-state index is 0.0513. The molecule has 1 aliphatic heterocycles. The Morgan fingerprint density at radius 2 is 2.19 bits per heavy atom. The molecule has 1 fully saturated rings. The lowest BCUT2D eigenvalue weighted by molar-refractivity contribution is 0.0785. The number of likely N-dealkylation sites (tertiary alicyclic amines) is 1. The second kappa shape index (κ2) is 5.91. The standard InChI is InChI=1S/C15H16FN3OS/c16-11-3-1-10(2-4-11)7-14-18-13(9-21-14)15(20)19-6-5-12(17)8-19/h1-4,9,12H,5-8,17H2/t12-/m1/s1. The zero-order chi connectivity index (χ0) is 14.8. The molecular weight excluding hydrogens is 289 g/mol. The molecule has 1 aromatic carbocycles. The Bertz CT molecular complexity index is 641. The smallest absolute Gasteiger partial charge is 0.273 e. The fourth-order valence-electron chi connectivity index (χ4n) is 2.40. The van der Waals surface area contributed by atoms with Gasteiger partial charge < -0.3 is 10.6 Å². The number of carbonyl (C=O) groups excluding carboxylic acids is 1. The van der Waals surface area contributed by atoms with Gasteiger partial charge in [0.15, 0.2) is 0 Å². The molecular formula is C15H16FN3OS. The van der Waals surface area contributed by atoms with Gasteiger partial charge in [-0.25, -0.2) is 9.37 Å². The maximum Gasteiger partial charge on any atom is 0.273 e. The largest absolute Gasteiger partial charge is 0.336 e. The summed E-state index contributed by atoms with van der Waals surface area (Å²) in [6.45, 7) is 1.30. The summed E-state index contributed by atoms with van der Waals surface area (Å²) in [6, 6.07) is 6.41. The fraction of sp³-hybridized carbons (Fsp3) is 0.333. The Morgan fingerprint density at radius 3 is 2.86 bits per heavy atom. The van der Waals surface area contributed by atoms with Crippen molar-refractivity contribution in [3.05, 3.63) is 51.7 Å². The van der Waals surface area contributed by atoms with Crippen LogP contribution in [0.1, 0.15) is 27.5 Å². The van der Waals surface area contributed by atoms with Crippen LogP contribution in [0, 0.1) is 5.82 Å². The fourth-order valence-corrected chi connectivity index (χ4v) is 3.20. The van der Waals surface area contributed by atoms with Crippen molar-refractivity contribution in [3.63, 3.8) is 0 Å². The number of halogens is 1. The van der Waals surface area contributed by atoms with Crippen molar-refractivity contribution in [2.75, 3.05) is 13.1 Å². The van der Waals surface area contributed by atoms with E-state index in [1.807, 2.05) is 0 Å². The predicted octanol–water partition coefficient (Wildman–Crippen LogP) is 2.05. The van der Waals surface area contributed by atoms with Gasteiger partial charge in [-0.2, -0.15) is 0 Å². The Balaban J connectivity index is 1.68. The zero-order valence-corrected chi connectivity index (χ0v) is 12.3. The lowest BCUT2D eigenvalue weighted by Crippen LogP contribution is -2.32. The first-order valence-corrected chi connectivity index (χ1v) is 7.73. The first kappa shape index (κ1) is 14.2. The van der Waals surface area contributed by atoms with Gasteiger partial charge in [-0.3, -0.25) is 4.79 Å². The van der Waals surface area contributed by atoms with E-state index in [0.29, 0.717) is 25.2 Å². The molecule has 2 aromatic rings. The number of rotatable bonds is 3. The summed E-state index contributed by atoms with van der Waals surface area (Å²) in [5.74, 6) is -0.302. The van der Waals surface area contributed by atoms with Gasteiger partial charge in [0, 0.05) is 30.9 Å². The van der Waals surface area contributed by atoms with Crippen molar-refractivity contribution < 1.29 is 9.18 Å². The molecule has 6 heteroatoms. The van der Waals surface area contributed by atoms with E-state index in [-0.39, 0.29) is 17.8 Å². The summed E-state index contributed by atoms with van der Waals surface area (Å²) < 4.78 is 12.9. The second-order valence-electron chi connectivity index (χ2n) is 5.23. The average molecular weight is 305 g/mol. The molecule has 3 rings (SSSR count). The first-order chi connectivity index (χ1) is 10.1. The number of hydrogen-bond donors (Lipinski definition) is 1. The van der Waals surface area contributed by atoms with Crippen LogP contribution in [0.25, 0.3) is 0 Å². The van der Waals surface area contributed by atoms with Gasteiger partial charge in [0.05, 0.1) is 5.01 Å². The van der Waals surface area contributed by atoms with E-state index in [1.54, 1.807) is 22.4 Å². The maximum absolute atomic E-state index is 12.9. The van der Waals surface area contributed by atoms with Crippen molar-refractivity contribution in [2.45, 2.75) is 18.9 Å². The molecule has 0 bridgehead atoms. The van der Waals surface area contributed by atoms with Gasteiger partial charge in [0.25, 0.3) is 5.91 Å². The van der Waals surface area contributed by atoms with Crippen LogP contribution in [0.15, 0.2) is 29.6 Å². The summed E-state index contributed by atoms with van der Waals surface area (Å²) in [6.07, 6.45) is 1.45. The predicted molar refractivity (Wildman–Crippen MR) is 79.8 cm³/mol. The third-order valence-electron chi connectivity index (χ3n) is 3.55. The van der Waals surface area contributed by atoms with Gasteiger partial charge in [-0.05, 0) is 24.1 Å². The van der Waals surface area contributed by atoms with Crippen LogP contribution in [0.2, 0.25) is 0 Å². The summed E-state index contributed by atoms with van der Waals surface area (Å²) in [7, 11) is 0. The molecule has 21 heavy (non-hydrogen) atoms. The Hall–Kier alpha value is -1.79. The summed E-state index contributed by atoms with van der Waals surface area (Å²) in [5, 5.41) is 2.64. The van der Waals surface area contributed by atoms with Crippen molar-refractivity contribution in [1.82, 2.24) is 9.88 Å². The van der Waals surface area contributed by atoms with Crippen LogP contribution in [-0.4, -0.2) is 34.9 Å². The van der Waals surface area contributed by atoms with Crippen molar-refractivity contribution in [3.8, 4) is 0 Å². The molecule has 2 heterocycles. The number of thiazole rings is 1. The van der Waals surface area contributed by atoms with Crippen LogP contribution in [0.3, 0.4) is 0 Å². The van der Waals surface area contributed by atoms with Crippen molar-refractivity contribution in [1.29, 1.82) is 0 Å². The van der Waals surface area contributed by atoms with Crippen LogP contribution < -0.4 is 5.73 Å². The summed E-state index contributed by atoms with van der Waals surface area (Å²) in [5.41, 5.74) is 7.28. The van der Waals surface area contributed by atoms with Crippen LogP contribution in [0.4, 0.5) is 4.39 Å². The molecule has 0 saturated carbocycles. The lowest BCUT2D eigenvalue weighted by atomic mass is 10.1. The third kappa shape index (κ3) is 3.28. The van der Waals surface area contributed by atoms with Crippen molar-refractivity contribution in [2.24, 2.45) is 5.73 Å². The molecule has 1 aromatic heterocycles. The Kier molecular flexibility index (Phi) is 3.98. The SMILES string of the molecule is N[C@@H]1CCN(C(=O)c2csc(Cc3ccc(F)cc3)n2)C1. The number of nitrogens with two attached hydrogens (primary N) is 1. The number of carbonyl (C=O) groups is 1. The third-order valence-corrected chi connectivity index (χ3v) is 4.40. The molecule has 2 N–H and O–H groups in total. The molecule has 0 radical (unpaired) electrons. The van der Waals surface area contributed by atoms with Gasteiger partial charge in [-0.15, -0.1) is 11.3 Å². The molecule has 110 valence electrons. The molecule has 0 unspecified atom stereocenters. The molecule has 4 nitrogen and oxygen atoms in total. The summed E-state index contributed by atoms with van der Waals surface area (Å²) in [4.78, 5) is 18.4. The highest BCUT2D eigenvalue weighted by Crippen LogP contribution is 2.18. The summed E-state index contributed by atoms with van der Waals surface area (Å²) >= 11 is 1.45. The maximum atomic E-state index is 12.9. The Labute approximate surface area is 126 Å². The average Bonchev–Trinajstić information content (AvgIpc) is 3.10. The van der Waals surface area contributed by atoms with Crippen molar-refractivity contribution >= 4 is 17.2 Å².